The molecule has 1 saturated heterocycles. The largest absolute Gasteiger partial charge is 0.368 e. The van der Waals surface area contributed by atoms with Crippen LogP contribution in [-0.4, -0.2) is 20.1 Å². The highest BCUT2D eigenvalue weighted by atomic mass is 19.1. The van der Waals surface area contributed by atoms with Gasteiger partial charge in [0.15, 0.2) is 0 Å². The number of nitrogens with zero attached hydrogens (tertiary/aromatic N) is 1. The van der Waals surface area contributed by atoms with Gasteiger partial charge in [-0.1, -0.05) is 26.0 Å². The predicted molar refractivity (Wildman–Crippen MR) is 83.7 cm³/mol. The fourth-order valence-corrected chi connectivity index (χ4v) is 3.32. The molecule has 1 atom stereocenters. The maximum atomic E-state index is 14.4. The summed E-state index contributed by atoms with van der Waals surface area (Å²) in [5, 5.41) is 3.23. The first-order valence-electron chi connectivity index (χ1n) is 7.77. The van der Waals surface area contributed by atoms with Gasteiger partial charge in [-0.15, -0.1) is 0 Å². The van der Waals surface area contributed by atoms with Gasteiger partial charge in [0.05, 0.1) is 5.69 Å². The highest BCUT2D eigenvalue weighted by Gasteiger charge is 2.36. The van der Waals surface area contributed by atoms with Gasteiger partial charge in [-0.05, 0) is 50.3 Å². The Bertz CT molecular complexity index is 454. The Morgan fingerprint density at radius 3 is 2.60 bits per heavy atom. The quantitative estimate of drug-likeness (QED) is 0.871. The molecule has 0 radical (unpaired) electrons. The van der Waals surface area contributed by atoms with E-state index in [9.17, 15) is 4.39 Å². The number of para-hydroxylation sites is 1. The standard InChI is InChI=1S/C17H27FN2/c1-5-17(6-2)10-11-20(12-17)16-14(13(3)19-4)8-7-9-15(16)18/h7-9,13,19H,5-6,10-12H2,1-4H3. The molecule has 0 amide bonds. The molecule has 3 heteroatoms. The van der Waals surface area contributed by atoms with E-state index in [1.165, 1.54) is 19.3 Å². The molecule has 2 rings (SSSR count). The lowest BCUT2D eigenvalue weighted by molar-refractivity contribution is 0.301. The van der Waals surface area contributed by atoms with Crippen molar-refractivity contribution in [1.82, 2.24) is 5.32 Å². The number of benzene rings is 1. The van der Waals surface area contributed by atoms with Crippen molar-refractivity contribution in [2.24, 2.45) is 5.41 Å². The van der Waals surface area contributed by atoms with E-state index < -0.39 is 0 Å². The second-order valence-electron chi connectivity index (χ2n) is 6.07. The maximum absolute atomic E-state index is 14.4. The van der Waals surface area contributed by atoms with Crippen LogP contribution in [0.4, 0.5) is 10.1 Å². The summed E-state index contributed by atoms with van der Waals surface area (Å²) in [4.78, 5) is 2.26. The summed E-state index contributed by atoms with van der Waals surface area (Å²) >= 11 is 0. The first-order valence-corrected chi connectivity index (χ1v) is 7.77. The molecule has 1 aromatic carbocycles. The molecule has 1 aromatic rings. The van der Waals surface area contributed by atoms with Crippen LogP contribution < -0.4 is 10.2 Å². The molecular formula is C17H27FN2. The monoisotopic (exact) mass is 278 g/mol. The van der Waals surface area contributed by atoms with E-state index in [1.807, 2.05) is 19.2 Å². The molecule has 1 unspecified atom stereocenters. The highest BCUT2D eigenvalue weighted by Crippen LogP contribution is 2.41. The Labute approximate surface area is 122 Å². The average Bonchev–Trinajstić information content (AvgIpc) is 2.91. The van der Waals surface area contributed by atoms with Gasteiger partial charge in [-0.25, -0.2) is 4.39 Å². The van der Waals surface area contributed by atoms with Crippen LogP contribution >= 0.6 is 0 Å². The van der Waals surface area contributed by atoms with E-state index >= 15 is 0 Å². The second-order valence-corrected chi connectivity index (χ2v) is 6.07. The molecule has 0 spiro atoms. The normalized spacial score (nSPS) is 19.4. The highest BCUT2D eigenvalue weighted by molar-refractivity contribution is 5.57. The lowest BCUT2D eigenvalue weighted by Crippen LogP contribution is -2.28. The van der Waals surface area contributed by atoms with Gasteiger partial charge in [0.25, 0.3) is 0 Å². The zero-order valence-corrected chi connectivity index (χ0v) is 13.2. The van der Waals surface area contributed by atoms with Crippen LogP contribution in [0.15, 0.2) is 18.2 Å². The minimum atomic E-state index is -0.0902. The Morgan fingerprint density at radius 2 is 2.05 bits per heavy atom. The number of anilines is 1. The molecule has 1 N–H and O–H groups in total. The van der Waals surface area contributed by atoms with Crippen LogP contribution in [0.1, 0.15) is 51.6 Å². The van der Waals surface area contributed by atoms with Crippen molar-refractivity contribution in [2.45, 2.75) is 46.1 Å². The summed E-state index contributed by atoms with van der Waals surface area (Å²) in [6.45, 7) is 8.54. The molecule has 1 aliphatic heterocycles. The van der Waals surface area contributed by atoms with E-state index in [0.717, 1.165) is 24.3 Å². The molecule has 1 fully saturated rings. The van der Waals surface area contributed by atoms with Crippen molar-refractivity contribution in [3.05, 3.63) is 29.6 Å². The fraction of sp³-hybridized carbons (Fsp3) is 0.647. The molecule has 2 nitrogen and oxygen atoms in total. The first kappa shape index (κ1) is 15.3. The van der Waals surface area contributed by atoms with E-state index in [4.69, 9.17) is 0 Å². The third-order valence-corrected chi connectivity index (χ3v) is 5.17. The molecular weight excluding hydrogens is 251 g/mol. The van der Waals surface area contributed by atoms with Gasteiger partial charge in [-0.3, -0.25) is 0 Å². The molecule has 0 bridgehead atoms. The molecule has 112 valence electrons. The van der Waals surface area contributed by atoms with E-state index in [0.29, 0.717) is 5.41 Å². The summed E-state index contributed by atoms with van der Waals surface area (Å²) < 4.78 is 14.4. The average molecular weight is 278 g/mol. The Kier molecular flexibility index (Phi) is 4.69. The number of halogens is 1. The summed E-state index contributed by atoms with van der Waals surface area (Å²) in [6.07, 6.45) is 3.51. The Balaban J connectivity index is 2.34. The van der Waals surface area contributed by atoms with Crippen molar-refractivity contribution >= 4 is 5.69 Å². The summed E-state index contributed by atoms with van der Waals surface area (Å²) in [7, 11) is 1.92. The first-order chi connectivity index (χ1) is 9.56. The van der Waals surface area contributed by atoms with Crippen molar-refractivity contribution in [1.29, 1.82) is 0 Å². The van der Waals surface area contributed by atoms with E-state index in [1.54, 1.807) is 6.07 Å². The van der Waals surface area contributed by atoms with Gasteiger partial charge in [0, 0.05) is 19.1 Å². The minimum absolute atomic E-state index is 0.0902. The van der Waals surface area contributed by atoms with Crippen LogP contribution in [0.2, 0.25) is 0 Å². The van der Waals surface area contributed by atoms with Crippen LogP contribution in [-0.2, 0) is 0 Å². The lowest BCUT2D eigenvalue weighted by atomic mass is 9.82. The zero-order chi connectivity index (χ0) is 14.8. The summed E-state index contributed by atoms with van der Waals surface area (Å²) in [5.74, 6) is -0.0902. The minimum Gasteiger partial charge on any atom is -0.368 e. The zero-order valence-electron chi connectivity index (χ0n) is 13.2. The van der Waals surface area contributed by atoms with Crippen molar-refractivity contribution < 1.29 is 4.39 Å². The Morgan fingerprint density at radius 1 is 1.35 bits per heavy atom. The molecule has 0 aliphatic carbocycles. The van der Waals surface area contributed by atoms with Crippen LogP contribution in [0, 0.1) is 11.2 Å². The van der Waals surface area contributed by atoms with Gasteiger partial charge in [0.1, 0.15) is 5.82 Å². The smallest absolute Gasteiger partial charge is 0.146 e. The summed E-state index contributed by atoms with van der Waals surface area (Å²) in [5.41, 5.74) is 2.23. The topological polar surface area (TPSA) is 15.3 Å². The molecule has 0 saturated carbocycles. The van der Waals surface area contributed by atoms with E-state index in [2.05, 4.69) is 31.0 Å². The molecule has 1 heterocycles. The van der Waals surface area contributed by atoms with Crippen molar-refractivity contribution in [2.75, 3.05) is 25.0 Å². The van der Waals surface area contributed by atoms with Gasteiger partial charge < -0.3 is 10.2 Å². The van der Waals surface area contributed by atoms with E-state index in [-0.39, 0.29) is 11.9 Å². The van der Waals surface area contributed by atoms with Gasteiger partial charge >= 0.3 is 0 Å². The predicted octanol–water partition coefficient (Wildman–Crippen LogP) is 4.12. The van der Waals surface area contributed by atoms with Crippen LogP contribution in [0.3, 0.4) is 0 Å². The lowest BCUT2D eigenvalue weighted by Gasteiger charge is -2.29. The van der Waals surface area contributed by atoms with Crippen molar-refractivity contribution in [3.8, 4) is 0 Å². The number of hydrogen-bond acceptors (Lipinski definition) is 2. The number of hydrogen-bond donors (Lipinski definition) is 1. The Hall–Kier alpha value is -1.09. The van der Waals surface area contributed by atoms with Gasteiger partial charge in [-0.2, -0.15) is 0 Å². The van der Waals surface area contributed by atoms with Crippen LogP contribution in [0.5, 0.6) is 0 Å². The molecule has 1 aliphatic rings. The van der Waals surface area contributed by atoms with Crippen molar-refractivity contribution in [3.63, 3.8) is 0 Å². The molecule has 20 heavy (non-hydrogen) atoms. The third kappa shape index (κ3) is 2.69. The SMILES string of the molecule is CCC1(CC)CCN(c2c(F)cccc2C(C)NC)C1. The third-order valence-electron chi connectivity index (χ3n) is 5.17. The summed E-state index contributed by atoms with van der Waals surface area (Å²) in [6, 6.07) is 5.60. The van der Waals surface area contributed by atoms with Gasteiger partial charge in [0.2, 0.25) is 0 Å². The van der Waals surface area contributed by atoms with Crippen LogP contribution in [0.25, 0.3) is 0 Å². The number of nitrogens with one attached hydrogen (secondary N) is 1. The second kappa shape index (κ2) is 6.13. The molecule has 0 aromatic heterocycles. The maximum Gasteiger partial charge on any atom is 0.146 e. The fourth-order valence-electron chi connectivity index (χ4n) is 3.32. The number of rotatable bonds is 5.